The van der Waals surface area contributed by atoms with Crippen LogP contribution >= 0.6 is 0 Å². The Morgan fingerprint density at radius 1 is 1.15 bits per heavy atom. The zero-order valence-corrected chi connectivity index (χ0v) is 12.3. The van der Waals surface area contributed by atoms with Gasteiger partial charge in [-0.15, -0.1) is 0 Å². The number of carbonyl (C=O) groups excluding carboxylic acids is 1. The number of hydrogen-bond donors (Lipinski definition) is 2. The minimum atomic E-state index is -0.942. The molecule has 0 unspecified atom stereocenters. The zero-order valence-electron chi connectivity index (χ0n) is 12.3. The Morgan fingerprint density at radius 3 is 2.45 bits per heavy atom. The molecule has 3 rings (SSSR count). The molecule has 0 radical (unpaired) electrons. The molecule has 112 valence electrons. The lowest BCUT2D eigenvalue weighted by Gasteiger charge is -2.27. The summed E-state index contributed by atoms with van der Waals surface area (Å²) in [6, 6.07) is 0. The van der Waals surface area contributed by atoms with E-state index in [1.54, 1.807) is 13.0 Å². The van der Waals surface area contributed by atoms with Crippen LogP contribution in [0.5, 0.6) is 0 Å². The topological polar surface area (TPSA) is 82.6 Å². The lowest BCUT2D eigenvalue weighted by molar-refractivity contribution is -0.119. The lowest BCUT2D eigenvalue weighted by atomic mass is 9.80. The SMILES string of the molecule is CC1(C)/C=C\C(=O)[C@]2(C)O[C@@H]2[C@H](O)C[C@@]2(C)O[C@@H]2[C@@H]1O. The quantitative estimate of drug-likeness (QED) is 0.635. The molecule has 0 aromatic carbocycles. The van der Waals surface area contributed by atoms with Crippen molar-refractivity contribution in [3.63, 3.8) is 0 Å². The van der Waals surface area contributed by atoms with Crippen LogP contribution in [0.3, 0.4) is 0 Å². The monoisotopic (exact) mass is 282 g/mol. The van der Waals surface area contributed by atoms with Crippen LogP contribution in [0.25, 0.3) is 0 Å². The van der Waals surface area contributed by atoms with Crippen molar-refractivity contribution in [1.29, 1.82) is 0 Å². The van der Waals surface area contributed by atoms with Gasteiger partial charge in [-0.1, -0.05) is 19.9 Å². The minimum absolute atomic E-state index is 0.163. The van der Waals surface area contributed by atoms with Gasteiger partial charge in [-0.25, -0.2) is 0 Å². The Kier molecular flexibility index (Phi) is 2.78. The summed E-state index contributed by atoms with van der Waals surface area (Å²) in [5.41, 5.74) is -2.07. The molecule has 0 aromatic heterocycles. The van der Waals surface area contributed by atoms with Gasteiger partial charge in [-0.2, -0.15) is 0 Å². The van der Waals surface area contributed by atoms with Crippen molar-refractivity contribution in [2.75, 3.05) is 0 Å². The van der Waals surface area contributed by atoms with Gasteiger partial charge in [-0.3, -0.25) is 4.79 Å². The second-order valence-corrected chi connectivity index (χ2v) is 7.23. The van der Waals surface area contributed by atoms with E-state index in [-0.39, 0.29) is 11.9 Å². The van der Waals surface area contributed by atoms with Gasteiger partial charge in [0, 0.05) is 11.8 Å². The van der Waals surface area contributed by atoms with E-state index in [0.29, 0.717) is 6.42 Å². The molecule has 0 bridgehead atoms. The first-order chi connectivity index (χ1) is 9.10. The zero-order chi connectivity index (χ0) is 14.9. The summed E-state index contributed by atoms with van der Waals surface area (Å²) in [6.45, 7) is 7.31. The summed E-state index contributed by atoms with van der Waals surface area (Å²) >= 11 is 0. The Balaban J connectivity index is 1.93. The fourth-order valence-electron chi connectivity index (χ4n) is 3.16. The van der Waals surface area contributed by atoms with Crippen LogP contribution in [0, 0.1) is 5.41 Å². The maximum atomic E-state index is 12.2. The third-order valence-electron chi connectivity index (χ3n) is 4.96. The maximum absolute atomic E-state index is 12.2. The summed E-state index contributed by atoms with van der Waals surface area (Å²) < 4.78 is 11.1. The second-order valence-electron chi connectivity index (χ2n) is 7.23. The molecule has 2 heterocycles. The molecular formula is C15H22O5. The average molecular weight is 282 g/mol. The highest BCUT2D eigenvalue weighted by molar-refractivity contribution is 5.99. The van der Waals surface area contributed by atoms with E-state index < -0.39 is 34.9 Å². The van der Waals surface area contributed by atoms with Gasteiger partial charge in [0.05, 0.1) is 17.8 Å². The molecular weight excluding hydrogens is 260 g/mol. The molecule has 0 spiro atoms. The summed E-state index contributed by atoms with van der Waals surface area (Å²) in [7, 11) is 0. The number of aliphatic hydroxyl groups is 2. The first kappa shape index (κ1) is 14.2. The van der Waals surface area contributed by atoms with E-state index in [2.05, 4.69) is 0 Å². The van der Waals surface area contributed by atoms with Crippen molar-refractivity contribution in [3.05, 3.63) is 12.2 Å². The molecule has 5 nitrogen and oxygen atoms in total. The number of hydrogen-bond acceptors (Lipinski definition) is 5. The number of fused-ring (bicyclic) bond motifs is 2. The standard InChI is InChI=1S/C15H22O5/c1-13(2)6-5-9(17)15(4)11(20-15)8(16)7-14(3)12(19-14)10(13)18/h5-6,8,10-12,16,18H,7H2,1-4H3/b6-5-/t8-,10+,11-,12-,14-,15+/m1/s1. The van der Waals surface area contributed by atoms with E-state index in [9.17, 15) is 15.0 Å². The van der Waals surface area contributed by atoms with Gasteiger partial charge < -0.3 is 19.7 Å². The number of ether oxygens (including phenoxy) is 2. The molecule has 0 aromatic rings. The smallest absolute Gasteiger partial charge is 0.189 e. The summed E-state index contributed by atoms with van der Waals surface area (Å²) in [5, 5.41) is 20.7. The highest BCUT2D eigenvalue weighted by Crippen LogP contribution is 2.50. The van der Waals surface area contributed by atoms with Crippen LogP contribution in [-0.4, -0.2) is 51.6 Å². The van der Waals surface area contributed by atoms with Gasteiger partial charge >= 0.3 is 0 Å². The van der Waals surface area contributed by atoms with Crippen molar-refractivity contribution in [3.8, 4) is 0 Å². The molecule has 3 aliphatic rings. The van der Waals surface area contributed by atoms with Gasteiger partial charge in [0.2, 0.25) is 0 Å². The number of carbonyl (C=O) groups is 1. The van der Waals surface area contributed by atoms with Gasteiger partial charge in [-0.05, 0) is 19.9 Å². The molecule has 2 saturated heterocycles. The summed E-state index contributed by atoms with van der Waals surface area (Å²) in [5.74, 6) is -0.163. The molecule has 2 aliphatic heterocycles. The Hall–Kier alpha value is -0.750. The second kappa shape index (κ2) is 3.91. The van der Waals surface area contributed by atoms with Crippen molar-refractivity contribution in [2.45, 2.75) is 69.7 Å². The highest BCUT2D eigenvalue weighted by atomic mass is 16.6. The number of epoxide rings is 2. The third kappa shape index (κ3) is 1.96. The molecule has 0 amide bonds. The van der Waals surface area contributed by atoms with Crippen LogP contribution in [-0.2, 0) is 14.3 Å². The molecule has 0 saturated carbocycles. The van der Waals surface area contributed by atoms with Crippen molar-refractivity contribution in [1.82, 2.24) is 0 Å². The largest absolute Gasteiger partial charge is 0.390 e. The Morgan fingerprint density at radius 2 is 1.80 bits per heavy atom. The first-order valence-electron chi connectivity index (χ1n) is 7.06. The third-order valence-corrected chi connectivity index (χ3v) is 4.96. The Bertz CT molecular complexity index is 485. The number of ketones is 1. The van der Waals surface area contributed by atoms with Gasteiger partial charge in [0.25, 0.3) is 0 Å². The number of aliphatic hydroxyl groups excluding tert-OH is 2. The molecule has 1 aliphatic carbocycles. The van der Waals surface area contributed by atoms with Crippen LogP contribution in [0.2, 0.25) is 0 Å². The van der Waals surface area contributed by atoms with E-state index in [4.69, 9.17) is 9.47 Å². The van der Waals surface area contributed by atoms with Gasteiger partial charge in [0.15, 0.2) is 11.4 Å². The lowest BCUT2D eigenvalue weighted by Crippen LogP contribution is -2.37. The van der Waals surface area contributed by atoms with E-state index in [0.717, 1.165) is 0 Å². The van der Waals surface area contributed by atoms with Crippen LogP contribution in [0.15, 0.2) is 12.2 Å². The van der Waals surface area contributed by atoms with Crippen molar-refractivity contribution >= 4 is 5.78 Å². The van der Waals surface area contributed by atoms with Crippen LogP contribution < -0.4 is 0 Å². The fourth-order valence-corrected chi connectivity index (χ4v) is 3.16. The van der Waals surface area contributed by atoms with Crippen molar-refractivity contribution in [2.24, 2.45) is 5.41 Å². The summed E-state index contributed by atoms with van der Waals surface area (Å²) in [4.78, 5) is 12.2. The van der Waals surface area contributed by atoms with Crippen LogP contribution in [0.1, 0.15) is 34.1 Å². The maximum Gasteiger partial charge on any atom is 0.189 e. The van der Waals surface area contributed by atoms with E-state index in [1.165, 1.54) is 6.08 Å². The normalized spacial score (nSPS) is 55.2. The predicted molar refractivity (Wildman–Crippen MR) is 71.1 cm³/mol. The highest BCUT2D eigenvalue weighted by Gasteiger charge is 2.65. The Labute approximate surface area is 118 Å². The number of rotatable bonds is 0. The van der Waals surface area contributed by atoms with Crippen LogP contribution in [0.4, 0.5) is 0 Å². The van der Waals surface area contributed by atoms with Crippen molar-refractivity contribution < 1.29 is 24.5 Å². The molecule has 2 fully saturated rings. The first-order valence-corrected chi connectivity index (χ1v) is 7.06. The fraction of sp³-hybridized carbons (Fsp3) is 0.800. The van der Waals surface area contributed by atoms with E-state index in [1.807, 2.05) is 20.8 Å². The van der Waals surface area contributed by atoms with E-state index >= 15 is 0 Å². The molecule has 20 heavy (non-hydrogen) atoms. The average Bonchev–Trinajstić information content (AvgIpc) is 3.21. The minimum Gasteiger partial charge on any atom is -0.390 e. The van der Waals surface area contributed by atoms with Gasteiger partial charge in [0.1, 0.15) is 12.2 Å². The molecule has 6 atom stereocenters. The molecule has 5 heteroatoms. The molecule has 2 N–H and O–H groups in total. The summed E-state index contributed by atoms with van der Waals surface area (Å²) in [6.07, 6.45) is 1.24. The predicted octanol–water partition coefficient (Wildman–Crippen LogP) is 0.578.